The number of aryl methyl sites for hydroxylation is 1. The predicted octanol–water partition coefficient (Wildman–Crippen LogP) is 1.19. The molecule has 3 heterocycles. The number of aliphatic hydroxyl groups is 1. The molecular weight excluding hydrogens is 368 g/mol. The van der Waals surface area contributed by atoms with Crippen LogP contribution in [0.2, 0.25) is 0 Å². The average Bonchev–Trinajstić information content (AvgIpc) is 3.12. The fourth-order valence-electron chi connectivity index (χ4n) is 4.26. The highest BCUT2D eigenvalue weighted by Crippen LogP contribution is 2.26. The minimum atomic E-state index is -0.444. The number of β-amino-alcohol motifs (C(OH)–C–C–N with tert-alkyl or cyclic N) is 1. The number of aliphatic hydroxyl groups excluding tert-OH is 1. The maximum Gasteiger partial charge on any atom is 0.253 e. The van der Waals surface area contributed by atoms with Gasteiger partial charge in [-0.25, -0.2) is 9.97 Å². The molecule has 2 aromatic rings. The summed E-state index contributed by atoms with van der Waals surface area (Å²) in [5, 5.41) is 13.3. The quantitative estimate of drug-likeness (QED) is 0.784. The molecule has 1 aliphatic carbocycles. The van der Waals surface area contributed by atoms with Crippen LogP contribution in [-0.2, 0) is 12.8 Å². The highest BCUT2D eigenvalue weighted by atomic mass is 16.3. The molecule has 1 saturated heterocycles. The number of carbonyl (C=O) groups is 1. The SMILES string of the molecule is CN(C)c1cc(N2C[C@H](O)C[C@@H]2CNC(=O)c2cncc3c2CCCC3)ncn1. The van der Waals surface area contributed by atoms with Crippen molar-refractivity contribution in [1.29, 1.82) is 0 Å². The molecule has 4 rings (SSSR count). The number of hydrogen-bond acceptors (Lipinski definition) is 7. The molecular formula is C21H28N6O2. The first-order valence-corrected chi connectivity index (χ1v) is 10.2. The summed E-state index contributed by atoms with van der Waals surface area (Å²) in [7, 11) is 3.86. The minimum Gasteiger partial charge on any atom is -0.391 e. The zero-order valence-electron chi connectivity index (χ0n) is 17.0. The van der Waals surface area contributed by atoms with Crippen LogP contribution < -0.4 is 15.1 Å². The van der Waals surface area contributed by atoms with Gasteiger partial charge in [-0.2, -0.15) is 0 Å². The van der Waals surface area contributed by atoms with Gasteiger partial charge in [0, 0.05) is 45.6 Å². The van der Waals surface area contributed by atoms with E-state index in [0.29, 0.717) is 25.1 Å². The summed E-state index contributed by atoms with van der Waals surface area (Å²) < 4.78 is 0. The molecule has 8 heteroatoms. The van der Waals surface area contributed by atoms with E-state index in [0.717, 1.165) is 42.9 Å². The highest BCUT2D eigenvalue weighted by Gasteiger charge is 2.32. The Balaban J connectivity index is 1.47. The Labute approximate surface area is 171 Å². The second kappa shape index (κ2) is 8.32. The number of nitrogens with zero attached hydrogens (tertiary/aromatic N) is 5. The molecule has 8 nitrogen and oxygen atoms in total. The van der Waals surface area contributed by atoms with Crippen LogP contribution >= 0.6 is 0 Å². The van der Waals surface area contributed by atoms with Crippen molar-refractivity contribution in [3.63, 3.8) is 0 Å². The van der Waals surface area contributed by atoms with Crippen molar-refractivity contribution < 1.29 is 9.90 Å². The number of hydrogen-bond donors (Lipinski definition) is 2. The molecule has 0 bridgehead atoms. The van der Waals surface area contributed by atoms with Crippen LogP contribution in [0, 0.1) is 0 Å². The summed E-state index contributed by atoms with van der Waals surface area (Å²) >= 11 is 0. The smallest absolute Gasteiger partial charge is 0.253 e. The van der Waals surface area contributed by atoms with Crippen LogP contribution in [0.4, 0.5) is 11.6 Å². The van der Waals surface area contributed by atoms with Gasteiger partial charge in [0.05, 0.1) is 17.7 Å². The van der Waals surface area contributed by atoms with Gasteiger partial charge in [0.25, 0.3) is 5.91 Å². The first kappa shape index (κ1) is 19.6. The topological polar surface area (TPSA) is 94.5 Å². The van der Waals surface area contributed by atoms with Gasteiger partial charge in [-0.05, 0) is 43.2 Å². The number of nitrogens with one attached hydrogen (secondary N) is 1. The second-order valence-electron chi connectivity index (χ2n) is 8.07. The van der Waals surface area contributed by atoms with Crippen LogP contribution in [0.25, 0.3) is 0 Å². The number of carbonyl (C=O) groups excluding carboxylic acids is 1. The lowest BCUT2D eigenvalue weighted by molar-refractivity contribution is 0.0948. The third-order valence-corrected chi connectivity index (χ3v) is 5.80. The van der Waals surface area contributed by atoms with E-state index in [1.165, 1.54) is 11.9 Å². The molecule has 1 aliphatic heterocycles. The summed E-state index contributed by atoms with van der Waals surface area (Å²) in [4.78, 5) is 29.8. The summed E-state index contributed by atoms with van der Waals surface area (Å²) in [5.41, 5.74) is 3.02. The van der Waals surface area contributed by atoms with Gasteiger partial charge in [-0.1, -0.05) is 0 Å². The first-order valence-electron chi connectivity index (χ1n) is 10.2. The van der Waals surface area contributed by atoms with E-state index in [-0.39, 0.29) is 11.9 Å². The number of anilines is 2. The number of fused-ring (bicyclic) bond motifs is 1. The van der Waals surface area contributed by atoms with Crippen LogP contribution in [0.15, 0.2) is 24.8 Å². The maximum absolute atomic E-state index is 12.9. The largest absolute Gasteiger partial charge is 0.391 e. The molecule has 1 amide bonds. The Morgan fingerprint density at radius 1 is 1.28 bits per heavy atom. The van der Waals surface area contributed by atoms with E-state index in [1.54, 1.807) is 6.20 Å². The zero-order chi connectivity index (χ0) is 20.4. The lowest BCUT2D eigenvalue weighted by Crippen LogP contribution is -2.41. The van der Waals surface area contributed by atoms with E-state index in [1.807, 2.05) is 31.3 Å². The molecule has 2 atom stereocenters. The highest BCUT2D eigenvalue weighted by molar-refractivity contribution is 5.95. The van der Waals surface area contributed by atoms with Crippen LogP contribution in [0.1, 0.15) is 40.7 Å². The van der Waals surface area contributed by atoms with E-state index >= 15 is 0 Å². The van der Waals surface area contributed by atoms with E-state index in [2.05, 4.69) is 25.2 Å². The summed E-state index contributed by atoms with van der Waals surface area (Å²) in [6, 6.07) is 1.89. The van der Waals surface area contributed by atoms with Gasteiger partial charge >= 0.3 is 0 Å². The Hall–Kier alpha value is -2.74. The van der Waals surface area contributed by atoms with Crippen molar-refractivity contribution in [3.8, 4) is 0 Å². The zero-order valence-corrected chi connectivity index (χ0v) is 17.0. The van der Waals surface area contributed by atoms with E-state index in [9.17, 15) is 9.90 Å². The van der Waals surface area contributed by atoms with Gasteiger partial charge in [0.15, 0.2) is 0 Å². The van der Waals surface area contributed by atoms with Crippen molar-refractivity contribution in [3.05, 3.63) is 41.5 Å². The number of pyridine rings is 1. The molecule has 154 valence electrons. The van der Waals surface area contributed by atoms with Crippen LogP contribution in [0.3, 0.4) is 0 Å². The van der Waals surface area contributed by atoms with Gasteiger partial charge in [-0.15, -0.1) is 0 Å². The maximum atomic E-state index is 12.9. The Bertz CT molecular complexity index is 887. The number of amides is 1. The summed E-state index contributed by atoms with van der Waals surface area (Å²) in [6.07, 6.45) is 9.44. The normalized spacial score (nSPS) is 21.0. The molecule has 0 radical (unpaired) electrons. The fraction of sp³-hybridized carbons (Fsp3) is 0.524. The van der Waals surface area contributed by atoms with Crippen molar-refractivity contribution in [2.24, 2.45) is 0 Å². The molecule has 1 fully saturated rings. The monoisotopic (exact) mass is 396 g/mol. The summed E-state index contributed by atoms with van der Waals surface area (Å²) in [6.45, 7) is 0.938. The molecule has 29 heavy (non-hydrogen) atoms. The number of rotatable bonds is 5. The molecule has 0 aromatic carbocycles. The Morgan fingerprint density at radius 3 is 2.93 bits per heavy atom. The van der Waals surface area contributed by atoms with Crippen LogP contribution in [-0.4, -0.2) is 65.3 Å². The standard InChI is InChI=1S/C21H28N6O2/c1-26(2)19-8-20(25-13-24-19)27-12-16(28)7-15(27)10-23-21(29)18-11-22-9-14-5-3-4-6-17(14)18/h8-9,11,13,15-16,28H,3-7,10,12H2,1-2H3,(H,23,29)/t15-,16-/m1/s1. The fourth-order valence-corrected chi connectivity index (χ4v) is 4.26. The van der Waals surface area contributed by atoms with Crippen LogP contribution in [0.5, 0.6) is 0 Å². The lowest BCUT2D eigenvalue weighted by atomic mass is 9.90. The summed E-state index contributed by atoms with van der Waals surface area (Å²) in [5.74, 6) is 1.48. The lowest BCUT2D eigenvalue weighted by Gasteiger charge is -2.26. The third-order valence-electron chi connectivity index (χ3n) is 5.80. The van der Waals surface area contributed by atoms with Gasteiger partial charge < -0.3 is 20.2 Å². The molecule has 0 spiro atoms. The third kappa shape index (κ3) is 4.17. The van der Waals surface area contributed by atoms with Crippen molar-refractivity contribution in [2.75, 3.05) is 37.0 Å². The average molecular weight is 396 g/mol. The van der Waals surface area contributed by atoms with E-state index < -0.39 is 6.10 Å². The van der Waals surface area contributed by atoms with Crippen molar-refractivity contribution in [1.82, 2.24) is 20.3 Å². The molecule has 2 N–H and O–H groups in total. The molecule has 2 aliphatic rings. The minimum absolute atomic E-state index is 0.0219. The molecule has 0 unspecified atom stereocenters. The van der Waals surface area contributed by atoms with Gasteiger partial charge in [-0.3, -0.25) is 9.78 Å². The van der Waals surface area contributed by atoms with Crippen molar-refractivity contribution in [2.45, 2.75) is 44.2 Å². The molecule has 0 saturated carbocycles. The Kier molecular flexibility index (Phi) is 5.62. The first-order chi connectivity index (χ1) is 14.0. The Morgan fingerprint density at radius 2 is 2.10 bits per heavy atom. The molecule has 2 aromatic heterocycles. The van der Waals surface area contributed by atoms with Gasteiger partial charge in [0.1, 0.15) is 18.0 Å². The second-order valence-corrected chi connectivity index (χ2v) is 8.07. The van der Waals surface area contributed by atoms with Gasteiger partial charge in [0.2, 0.25) is 0 Å². The van der Waals surface area contributed by atoms with E-state index in [4.69, 9.17) is 0 Å². The predicted molar refractivity (Wildman–Crippen MR) is 111 cm³/mol. The van der Waals surface area contributed by atoms with Crippen molar-refractivity contribution >= 4 is 17.5 Å². The number of aromatic nitrogens is 3.